The minimum absolute atomic E-state index is 0.0352. The van der Waals surface area contributed by atoms with Crippen LogP contribution in [0.25, 0.3) is 0 Å². The lowest BCUT2D eigenvalue weighted by atomic mass is 9.83. The Labute approximate surface area is 128 Å². The molecule has 1 aliphatic rings. The van der Waals surface area contributed by atoms with E-state index in [0.29, 0.717) is 5.92 Å². The number of nitrogens with zero attached hydrogens (tertiary/aromatic N) is 1. The van der Waals surface area contributed by atoms with E-state index in [4.69, 9.17) is 5.11 Å². The van der Waals surface area contributed by atoms with Gasteiger partial charge in [0.1, 0.15) is 0 Å². The first-order chi connectivity index (χ1) is 9.93. The highest BCUT2D eigenvalue weighted by atomic mass is 16.3. The second kappa shape index (κ2) is 6.61. The van der Waals surface area contributed by atoms with E-state index in [1.54, 1.807) is 0 Å². The third-order valence-corrected chi connectivity index (χ3v) is 4.31. The van der Waals surface area contributed by atoms with Gasteiger partial charge in [0.05, 0.1) is 0 Å². The molecule has 0 saturated carbocycles. The van der Waals surface area contributed by atoms with Gasteiger partial charge in [-0.2, -0.15) is 0 Å². The number of carbonyl (C=O) groups is 1. The molecule has 0 bridgehead atoms. The summed E-state index contributed by atoms with van der Waals surface area (Å²) in [6.45, 7) is 8.25. The van der Waals surface area contributed by atoms with Gasteiger partial charge in [-0.3, -0.25) is 4.79 Å². The van der Waals surface area contributed by atoms with Crippen LogP contribution in [0.15, 0.2) is 24.3 Å². The summed E-state index contributed by atoms with van der Waals surface area (Å²) in [5.41, 5.74) is 1.90. The van der Waals surface area contributed by atoms with E-state index >= 15 is 0 Å². The Morgan fingerprint density at radius 1 is 1.33 bits per heavy atom. The summed E-state index contributed by atoms with van der Waals surface area (Å²) >= 11 is 0. The van der Waals surface area contributed by atoms with E-state index in [1.807, 2.05) is 23.1 Å². The quantitative estimate of drug-likeness (QED) is 0.928. The van der Waals surface area contributed by atoms with Crippen molar-refractivity contribution in [3.63, 3.8) is 0 Å². The fraction of sp³-hybridized carbons (Fsp3) is 0.611. The van der Waals surface area contributed by atoms with Gasteiger partial charge in [0.2, 0.25) is 0 Å². The second-order valence-electron chi connectivity index (χ2n) is 7.07. The average molecular weight is 289 g/mol. The number of benzene rings is 1. The van der Waals surface area contributed by atoms with Crippen LogP contribution in [0, 0.1) is 5.92 Å². The van der Waals surface area contributed by atoms with Gasteiger partial charge in [-0.25, -0.2) is 0 Å². The van der Waals surface area contributed by atoms with E-state index in [2.05, 4.69) is 26.8 Å². The molecule has 3 heteroatoms. The fourth-order valence-electron chi connectivity index (χ4n) is 3.16. The molecule has 0 spiro atoms. The lowest BCUT2D eigenvalue weighted by Gasteiger charge is -2.34. The van der Waals surface area contributed by atoms with Gasteiger partial charge in [-0.05, 0) is 42.2 Å². The van der Waals surface area contributed by atoms with Crippen LogP contribution >= 0.6 is 0 Å². The van der Waals surface area contributed by atoms with E-state index in [0.717, 1.165) is 43.5 Å². The van der Waals surface area contributed by atoms with Gasteiger partial charge in [-0.1, -0.05) is 39.0 Å². The Balaban J connectivity index is 2.20. The maximum atomic E-state index is 12.9. The summed E-state index contributed by atoms with van der Waals surface area (Å²) in [5.74, 6) is 0.581. The van der Waals surface area contributed by atoms with Crippen LogP contribution in [0.5, 0.6) is 0 Å². The van der Waals surface area contributed by atoms with Crippen LogP contribution in [-0.4, -0.2) is 35.6 Å². The Kier molecular flexibility index (Phi) is 5.04. The number of hydrogen-bond donors (Lipinski definition) is 1. The number of carbonyl (C=O) groups excluding carboxylic acids is 1. The van der Waals surface area contributed by atoms with Crippen molar-refractivity contribution in [3.8, 4) is 0 Å². The summed E-state index contributed by atoms with van der Waals surface area (Å²) in [5, 5.41) is 9.11. The molecule has 1 atom stereocenters. The molecule has 1 fully saturated rings. The largest absolute Gasteiger partial charge is 0.396 e. The summed E-state index contributed by atoms with van der Waals surface area (Å²) in [6.07, 6.45) is 2.95. The number of likely N-dealkylation sites (tertiary alicyclic amines) is 1. The molecule has 1 saturated heterocycles. The molecule has 1 N–H and O–H groups in total. The molecule has 3 nitrogen and oxygen atoms in total. The molecule has 116 valence electrons. The SMILES string of the molecule is CC(C)(C)c1ccccc1C(=O)N1CCCC(CCO)C1. The third-order valence-electron chi connectivity index (χ3n) is 4.31. The Bertz CT molecular complexity index is 488. The van der Waals surface area contributed by atoms with Crippen molar-refractivity contribution in [2.45, 2.75) is 45.4 Å². The summed E-state index contributed by atoms with van der Waals surface area (Å²) < 4.78 is 0. The van der Waals surface area contributed by atoms with Crippen molar-refractivity contribution >= 4 is 5.91 Å². The van der Waals surface area contributed by atoms with E-state index < -0.39 is 0 Å². The smallest absolute Gasteiger partial charge is 0.254 e. The van der Waals surface area contributed by atoms with Crippen molar-refractivity contribution in [1.29, 1.82) is 0 Å². The zero-order valence-electron chi connectivity index (χ0n) is 13.4. The molecule has 1 heterocycles. The zero-order chi connectivity index (χ0) is 15.5. The Morgan fingerprint density at radius 2 is 2.05 bits per heavy atom. The Hall–Kier alpha value is -1.35. The topological polar surface area (TPSA) is 40.5 Å². The molecule has 1 amide bonds. The monoisotopic (exact) mass is 289 g/mol. The van der Waals surface area contributed by atoms with Gasteiger partial charge in [0.25, 0.3) is 5.91 Å². The number of aliphatic hydroxyl groups is 1. The molecule has 0 aromatic heterocycles. The molecule has 0 radical (unpaired) electrons. The van der Waals surface area contributed by atoms with Gasteiger partial charge in [0.15, 0.2) is 0 Å². The van der Waals surface area contributed by atoms with E-state index in [-0.39, 0.29) is 17.9 Å². The highest BCUT2D eigenvalue weighted by Gasteiger charge is 2.27. The molecular formula is C18H27NO2. The fourth-order valence-corrected chi connectivity index (χ4v) is 3.16. The van der Waals surface area contributed by atoms with Crippen LogP contribution in [0.3, 0.4) is 0 Å². The first-order valence-corrected chi connectivity index (χ1v) is 7.93. The molecule has 1 aliphatic heterocycles. The van der Waals surface area contributed by atoms with Crippen molar-refractivity contribution in [1.82, 2.24) is 4.90 Å². The first-order valence-electron chi connectivity index (χ1n) is 7.93. The maximum absolute atomic E-state index is 12.9. The number of piperidine rings is 1. The number of rotatable bonds is 3. The maximum Gasteiger partial charge on any atom is 0.254 e. The molecule has 1 unspecified atom stereocenters. The molecule has 21 heavy (non-hydrogen) atoms. The Morgan fingerprint density at radius 3 is 2.71 bits per heavy atom. The van der Waals surface area contributed by atoms with Gasteiger partial charge in [0, 0.05) is 25.3 Å². The predicted molar refractivity (Wildman–Crippen MR) is 85.5 cm³/mol. The minimum atomic E-state index is -0.0352. The van der Waals surface area contributed by atoms with E-state index in [9.17, 15) is 4.79 Å². The lowest BCUT2D eigenvalue weighted by Crippen LogP contribution is -2.41. The number of hydrogen-bond acceptors (Lipinski definition) is 2. The van der Waals surface area contributed by atoms with Gasteiger partial charge in [-0.15, -0.1) is 0 Å². The van der Waals surface area contributed by atoms with Crippen molar-refractivity contribution in [2.24, 2.45) is 5.92 Å². The highest BCUT2D eigenvalue weighted by molar-refractivity contribution is 5.96. The van der Waals surface area contributed by atoms with Crippen LogP contribution < -0.4 is 0 Å². The normalized spacial score (nSPS) is 19.6. The highest BCUT2D eigenvalue weighted by Crippen LogP contribution is 2.28. The predicted octanol–water partition coefficient (Wildman–Crippen LogP) is 3.22. The van der Waals surface area contributed by atoms with Gasteiger partial charge < -0.3 is 10.0 Å². The molecule has 1 aromatic carbocycles. The average Bonchev–Trinajstić information content (AvgIpc) is 2.46. The molecule has 2 rings (SSSR count). The summed E-state index contributed by atoms with van der Waals surface area (Å²) in [4.78, 5) is 14.8. The minimum Gasteiger partial charge on any atom is -0.396 e. The van der Waals surface area contributed by atoms with Gasteiger partial charge >= 0.3 is 0 Å². The van der Waals surface area contributed by atoms with Crippen molar-refractivity contribution in [3.05, 3.63) is 35.4 Å². The third kappa shape index (κ3) is 3.85. The van der Waals surface area contributed by atoms with Crippen molar-refractivity contribution in [2.75, 3.05) is 19.7 Å². The lowest BCUT2D eigenvalue weighted by molar-refractivity contribution is 0.0651. The van der Waals surface area contributed by atoms with Crippen LogP contribution in [-0.2, 0) is 5.41 Å². The summed E-state index contributed by atoms with van der Waals surface area (Å²) in [6, 6.07) is 7.95. The van der Waals surface area contributed by atoms with E-state index in [1.165, 1.54) is 0 Å². The summed E-state index contributed by atoms with van der Waals surface area (Å²) in [7, 11) is 0. The second-order valence-corrected chi connectivity index (χ2v) is 7.07. The number of amides is 1. The van der Waals surface area contributed by atoms with Crippen LogP contribution in [0.2, 0.25) is 0 Å². The molecular weight excluding hydrogens is 262 g/mol. The van der Waals surface area contributed by atoms with Crippen molar-refractivity contribution < 1.29 is 9.90 Å². The zero-order valence-corrected chi connectivity index (χ0v) is 13.4. The van der Waals surface area contributed by atoms with Crippen LogP contribution in [0.1, 0.15) is 56.0 Å². The number of aliphatic hydroxyl groups excluding tert-OH is 1. The molecule has 1 aromatic rings. The van der Waals surface area contributed by atoms with Crippen LogP contribution in [0.4, 0.5) is 0 Å². The first kappa shape index (κ1) is 16.0. The molecule has 0 aliphatic carbocycles. The standard InChI is InChI=1S/C18H27NO2/c1-18(2,3)16-9-5-4-8-15(16)17(21)19-11-6-7-14(13-19)10-12-20/h4-5,8-9,14,20H,6-7,10-13H2,1-3H3.